The molecular weight excluding hydrogens is 563 g/mol. The van der Waals surface area contributed by atoms with Crippen LogP contribution in [0.2, 0.25) is 0 Å². The molecule has 0 unspecified atom stereocenters. The Morgan fingerprint density at radius 3 is 2.08 bits per heavy atom. The predicted molar refractivity (Wildman–Crippen MR) is 167 cm³/mol. The van der Waals surface area contributed by atoms with Gasteiger partial charge >= 0.3 is 5.97 Å². The number of halogens is 2. The Labute approximate surface area is 252 Å². The van der Waals surface area contributed by atoms with Crippen molar-refractivity contribution in [1.82, 2.24) is 4.90 Å². The van der Waals surface area contributed by atoms with E-state index >= 15 is 0 Å². The van der Waals surface area contributed by atoms with Gasteiger partial charge in [-0.25, -0.2) is 4.79 Å². The second kappa shape index (κ2) is 14.8. The van der Waals surface area contributed by atoms with Crippen molar-refractivity contribution in [2.24, 2.45) is 11.7 Å². The van der Waals surface area contributed by atoms with Gasteiger partial charge in [0, 0.05) is 22.8 Å². The first kappa shape index (κ1) is 31.8. The van der Waals surface area contributed by atoms with E-state index in [4.69, 9.17) is 10.5 Å². The Morgan fingerprint density at radius 1 is 0.875 bits per heavy atom. The van der Waals surface area contributed by atoms with Gasteiger partial charge in [0.2, 0.25) is 5.60 Å². The topological polar surface area (TPSA) is 75.8 Å². The van der Waals surface area contributed by atoms with Crippen LogP contribution < -0.4 is 5.73 Å². The monoisotopic (exact) mass is 598 g/mol. The molecule has 0 aliphatic carbocycles. The SMILES string of the molecule is Cl.Cl.NCc1ccc(-c2ccc([C@](O)(C(=O)OCC3CCN(Cc4ccccc4)CC3)c3ccccc3)cc2)s1. The van der Waals surface area contributed by atoms with Crippen LogP contribution in [0.3, 0.4) is 0 Å². The Morgan fingerprint density at radius 2 is 1.48 bits per heavy atom. The molecule has 0 radical (unpaired) electrons. The number of aliphatic hydroxyl groups is 1. The van der Waals surface area contributed by atoms with Crippen LogP contribution in [0.4, 0.5) is 0 Å². The minimum absolute atomic E-state index is 0. The van der Waals surface area contributed by atoms with E-state index in [-0.39, 0.29) is 30.7 Å². The number of carbonyl (C=O) groups is 1. The Kier molecular flexibility index (Phi) is 11.8. The molecule has 0 spiro atoms. The number of likely N-dealkylation sites (tertiary alicyclic amines) is 1. The molecule has 5 rings (SSSR count). The van der Waals surface area contributed by atoms with Gasteiger partial charge in [0.15, 0.2) is 0 Å². The summed E-state index contributed by atoms with van der Waals surface area (Å²) in [5, 5.41) is 11.9. The number of carbonyl (C=O) groups excluding carboxylic acids is 1. The number of hydrogen-bond donors (Lipinski definition) is 2. The molecule has 3 aromatic carbocycles. The van der Waals surface area contributed by atoms with Crippen molar-refractivity contribution in [3.8, 4) is 10.4 Å². The molecule has 0 saturated carbocycles. The van der Waals surface area contributed by atoms with Crippen molar-refractivity contribution in [2.75, 3.05) is 19.7 Å². The molecule has 5 nitrogen and oxygen atoms in total. The standard InChI is InChI=1S/C32H34N2O3S.2ClH/c33-21-29-15-16-30(38-29)26-11-13-28(14-12-26)32(36,27-9-5-2-6-10-27)31(35)37-23-25-17-19-34(20-18-25)22-24-7-3-1-4-8-24;;/h1-16,25,36H,17-23,33H2;2*1H/t32-;;/m0../s1. The van der Waals surface area contributed by atoms with E-state index in [1.807, 2.05) is 60.7 Å². The minimum atomic E-state index is -1.88. The zero-order chi connectivity index (χ0) is 26.4. The average Bonchev–Trinajstić information content (AvgIpc) is 3.47. The fourth-order valence-electron chi connectivity index (χ4n) is 5.05. The van der Waals surface area contributed by atoms with Crippen molar-refractivity contribution < 1.29 is 14.6 Å². The highest BCUT2D eigenvalue weighted by molar-refractivity contribution is 7.15. The van der Waals surface area contributed by atoms with E-state index in [0.717, 1.165) is 47.8 Å². The second-order valence-corrected chi connectivity index (χ2v) is 11.1. The summed E-state index contributed by atoms with van der Waals surface area (Å²) in [6.07, 6.45) is 1.92. The summed E-state index contributed by atoms with van der Waals surface area (Å²) in [6.45, 7) is 3.69. The molecule has 3 N–H and O–H groups in total. The van der Waals surface area contributed by atoms with Crippen molar-refractivity contribution in [3.63, 3.8) is 0 Å². The molecule has 4 aromatic rings. The number of ether oxygens (including phenoxy) is 1. The second-order valence-electron chi connectivity index (χ2n) is 9.93. The molecule has 8 heteroatoms. The maximum absolute atomic E-state index is 13.5. The number of nitrogens with zero attached hydrogens (tertiary/aromatic N) is 1. The summed E-state index contributed by atoms with van der Waals surface area (Å²) >= 11 is 1.64. The molecular formula is C32H36Cl2N2O3S. The van der Waals surface area contributed by atoms with Crippen LogP contribution >= 0.6 is 36.2 Å². The highest BCUT2D eigenvalue weighted by Gasteiger charge is 2.42. The number of thiophene rings is 1. The summed E-state index contributed by atoms with van der Waals surface area (Å²) in [4.78, 5) is 18.2. The Hall–Kier alpha value is -2.71. The first-order valence-electron chi connectivity index (χ1n) is 13.2. The first-order valence-corrected chi connectivity index (χ1v) is 14.0. The predicted octanol–water partition coefficient (Wildman–Crippen LogP) is 6.41. The lowest BCUT2D eigenvalue weighted by Crippen LogP contribution is -2.40. The molecule has 0 amide bonds. The minimum Gasteiger partial charge on any atom is -0.463 e. The number of nitrogens with two attached hydrogens (primary N) is 1. The Balaban J connectivity index is 0.00000220. The van der Waals surface area contributed by atoms with Crippen LogP contribution in [-0.2, 0) is 28.2 Å². The van der Waals surface area contributed by atoms with Gasteiger partial charge in [-0.3, -0.25) is 4.90 Å². The molecule has 1 atom stereocenters. The number of hydrogen-bond acceptors (Lipinski definition) is 6. The van der Waals surface area contributed by atoms with Crippen molar-refractivity contribution >= 4 is 42.1 Å². The van der Waals surface area contributed by atoms with Crippen LogP contribution in [0.1, 0.15) is 34.4 Å². The van der Waals surface area contributed by atoms with E-state index < -0.39 is 11.6 Å². The number of piperidine rings is 1. The highest BCUT2D eigenvalue weighted by atomic mass is 35.5. The Bertz CT molecular complexity index is 1330. The molecule has 40 heavy (non-hydrogen) atoms. The molecule has 1 aromatic heterocycles. The molecule has 1 saturated heterocycles. The van der Waals surface area contributed by atoms with Gasteiger partial charge in [0.1, 0.15) is 0 Å². The first-order chi connectivity index (χ1) is 18.6. The molecule has 2 heterocycles. The van der Waals surface area contributed by atoms with Gasteiger partial charge in [-0.15, -0.1) is 36.2 Å². The third-order valence-corrected chi connectivity index (χ3v) is 8.50. The highest BCUT2D eigenvalue weighted by Crippen LogP contribution is 2.35. The van der Waals surface area contributed by atoms with E-state index in [2.05, 4.69) is 29.2 Å². The quantitative estimate of drug-likeness (QED) is 0.218. The molecule has 0 bridgehead atoms. The van der Waals surface area contributed by atoms with Gasteiger partial charge in [0.05, 0.1) is 6.61 Å². The van der Waals surface area contributed by atoms with Gasteiger partial charge in [-0.05, 0) is 66.2 Å². The lowest BCUT2D eigenvalue weighted by Gasteiger charge is -2.33. The summed E-state index contributed by atoms with van der Waals surface area (Å²) < 4.78 is 5.82. The molecule has 1 fully saturated rings. The van der Waals surface area contributed by atoms with Crippen LogP contribution in [-0.4, -0.2) is 35.7 Å². The van der Waals surface area contributed by atoms with Crippen LogP contribution in [0, 0.1) is 5.92 Å². The van der Waals surface area contributed by atoms with E-state index in [1.54, 1.807) is 23.5 Å². The summed E-state index contributed by atoms with van der Waals surface area (Å²) in [6, 6.07) is 31.1. The normalized spacial score (nSPS) is 15.3. The third kappa shape index (κ3) is 7.32. The number of rotatable bonds is 9. The van der Waals surface area contributed by atoms with Crippen LogP contribution in [0.5, 0.6) is 0 Å². The number of esters is 1. The average molecular weight is 600 g/mol. The largest absolute Gasteiger partial charge is 0.463 e. The van der Waals surface area contributed by atoms with E-state index in [9.17, 15) is 9.90 Å². The molecule has 1 aliphatic heterocycles. The van der Waals surface area contributed by atoms with Gasteiger partial charge in [-0.1, -0.05) is 84.9 Å². The van der Waals surface area contributed by atoms with Crippen molar-refractivity contribution in [3.05, 3.63) is 119 Å². The van der Waals surface area contributed by atoms with Crippen molar-refractivity contribution in [1.29, 1.82) is 0 Å². The van der Waals surface area contributed by atoms with Gasteiger partial charge < -0.3 is 15.6 Å². The van der Waals surface area contributed by atoms with E-state index in [1.165, 1.54) is 5.56 Å². The van der Waals surface area contributed by atoms with E-state index in [0.29, 0.717) is 24.3 Å². The summed E-state index contributed by atoms with van der Waals surface area (Å²) in [5.41, 5.74) is 7.20. The maximum atomic E-state index is 13.5. The van der Waals surface area contributed by atoms with Crippen LogP contribution in [0.15, 0.2) is 97.1 Å². The number of benzene rings is 3. The fourth-order valence-corrected chi connectivity index (χ4v) is 5.94. The molecule has 1 aliphatic rings. The van der Waals surface area contributed by atoms with Crippen LogP contribution in [0.25, 0.3) is 10.4 Å². The lowest BCUT2D eigenvalue weighted by molar-refractivity contribution is -0.164. The van der Waals surface area contributed by atoms with Gasteiger partial charge in [-0.2, -0.15) is 0 Å². The summed E-state index contributed by atoms with van der Waals surface area (Å²) in [5.74, 6) is -0.353. The lowest BCUT2D eigenvalue weighted by atomic mass is 9.85. The van der Waals surface area contributed by atoms with Gasteiger partial charge in [0.25, 0.3) is 0 Å². The zero-order valence-corrected chi connectivity index (χ0v) is 24.7. The summed E-state index contributed by atoms with van der Waals surface area (Å²) in [7, 11) is 0. The smallest absolute Gasteiger partial charge is 0.347 e. The fraction of sp³-hybridized carbons (Fsp3) is 0.281. The van der Waals surface area contributed by atoms with Crippen molar-refractivity contribution in [2.45, 2.75) is 31.5 Å². The third-order valence-electron chi connectivity index (χ3n) is 7.34. The molecule has 212 valence electrons. The maximum Gasteiger partial charge on any atom is 0.347 e. The zero-order valence-electron chi connectivity index (χ0n) is 22.3.